The van der Waals surface area contributed by atoms with Gasteiger partial charge in [-0.1, -0.05) is 24.3 Å². The van der Waals surface area contributed by atoms with Gasteiger partial charge in [0.15, 0.2) is 0 Å². The fourth-order valence-corrected chi connectivity index (χ4v) is 3.05. The number of anilines is 1. The number of ether oxygens (including phenoxy) is 1. The van der Waals surface area contributed by atoms with Gasteiger partial charge in [0.05, 0.1) is 6.04 Å². The van der Waals surface area contributed by atoms with Gasteiger partial charge in [-0.15, -0.1) is 0 Å². The second kappa shape index (κ2) is 5.65. The summed E-state index contributed by atoms with van der Waals surface area (Å²) >= 11 is 0. The molecule has 0 bridgehead atoms. The Kier molecular flexibility index (Phi) is 3.83. The van der Waals surface area contributed by atoms with Crippen LogP contribution in [0, 0.1) is 0 Å². The molecule has 0 radical (unpaired) electrons. The Hall–Kier alpha value is -2.00. The Morgan fingerprint density at radius 3 is 2.41 bits per heavy atom. The van der Waals surface area contributed by atoms with E-state index in [0.717, 1.165) is 12.3 Å². The van der Waals surface area contributed by atoms with Crippen molar-refractivity contribution in [3.63, 3.8) is 0 Å². The second-order valence-corrected chi connectivity index (χ2v) is 6.79. The summed E-state index contributed by atoms with van der Waals surface area (Å²) in [5.74, 6) is 0.900. The minimum Gasteiger partial charge on any atom is -0.488 e. The summed E-state index contributed by atoms with van der Waals surface area (Å²) in [7, 11) is 0. The van der Waals surface area contributed by atoms with Gasteiger partial charge in [0.25, 0.3) is 0 Å². The van der Waals surface area contributed by atoms with Crippen LogP contribution in [0.5, 0.6) is 5.75 Å². The molecule has 1 aliphatic rings. The van der Waals surface area contributed by atoms with E-state index in [1.807, 2.05) is 12.1 Å². The number of nitrogens with two attached hydrogens (primary N) is 1. The van der Waals surface area contributed by atoms with Crippen molar-refractivity contribution in [2.24, 2.45) is 5.73 Å². The fraction of sp³-hybridized carbons (Fsp3) is 0.368. The first-order valence-corrected chi connectivity index (χ1v) is 7.81. The Morgan fingerprint density at radius 1 is 1.09 bits per heavy atom. The molecule has 2 N–H and O–H groups in total. The molecule has 1 atom stereocenters. The number of benzene rings is 2. The molecule has 2 aromatic rings. The quantitative estimate of drug-likeness (QED) is 0.934. The van der Waals surface area contributed by atoms with Crippen LogP contribution in [0.2, 0.25) is 0 Å². The van der Waals surface area contributed by atoms with Crippen molar-refractivity contribution < 1.29 is 4.74 Å². The van der Waals surface area contributed by atoms with Gasteiger partial charge in [0.1, 0.15) is 11.4 Å². The van der Waals surface area contributed by atoms with Crippen molar-refractivity contribution in [3.05, 3.63) is 59.7 Å². The topological polar surface area (TPSA) is 38.5 Å². The Bertz CT molecular complexity index is 643. The molecule has 1 unspecified atom stereocenters. The number of nitrogens with zero attached hydrogens (tertiary/aromatic N) is 1. The molecule has 1 aliphatic heterocycles. The molecule has 0 spiro atoms. The van der Waals surface area contributed by atoms with Crippen LogP contribution in [-0.4, -0.2) is 12.1 Å². The summed E-state index contributed by atoms with van der Waals surface area (Å²) in [6, 6.07) is 17.1. The third-order valence-corrected chi connectivity index (χ3v) is 3.95. The average molecular weight is 296 g/mol. The summed E-state index contributed by atoms with van der Waals surface area (Å²) in [5, 5.41) is 0. The average Bonchev–Trinajstić information content (AvgIpc) is 2.85. The van der Waals surface area contributed by atoms with Crippen molar-refractivity contribution in [1.29, 1.82) is 0 Å². The normalized spacial score (nSPS) is 17.5. The lowest BCUT2D eigenvalue weighted by Crippen LogP contribution is -2.27. The smallest absolute Gasteiger partial charge is 0.120 e. The van der Waals surface area contributed by atoms with Gasteiger partial charge in [0, 0.05) is 18.8 Å². The predicted molar refractivity (Wildman–Crippen MR) is 91.2 cm³/mol. The highest BCUT2D eigenvalue weighted by molar-refractivity contribution is 5.56. The van der Waals surface area contributed by atoms with Gasteiger partial charge in [-0.2, -0.15) is 0 Å². The van der Waals surface area contributed by atoms with Crippen molar-refractivity contribution >= 4 is 5.69 Å². The number of hydrogen-bond donors (Lipinski definition) is 1. The largest absolute Gasteiger partial charge is 0.488 e. The zero-order valence-electron chi connectivity index (χ0n) is 13.5. The number of hydrogen-bond acceptors (Lipinski definition) is 3. The van der Waals surface area contributed by atoms with E-state index in [0.29, 0.717) is 6.54 Å². The van der Waals surface area contributed by atoms with E-state index in [9.17, 15) is 0 Å². The zero-order chi connectivity index (χ0) is 15.7. The van der Waals surface area contributed by atoms with E-state index < -0.39 is 0 Å². The molecule has 0 saturated heterocycles. The van der Waals surface area contributed by atoms with Crippen molar-refractivity contribution in [2.45, 2.75) is 39.0 Å². The molecular weight excluding hydrogens is 272 g/mol. The fourth-order valence-electron chi connectivity index (χ4n) is 3.05. The van der Waals surface area contributed by atoms with Gasteiger partial charge in [-0.3, -0.25) is 0 Å². The molecule has 0 amide bonds. The molecule has 3 nitrogen and oxygen atoms in total. The lowest BCUT2D eigenvalue weighted by Gasteiger charge is -2.27. The minimum absolute atomic E-state index is 0.175. The molecule has 22 heavy (non-hydrogen) atoms. The number of rotatable bonds is 3. The SMILES string of the molecule is CC(C)(C)Oc1ccc(N2Cc3ccccc3C2CN)cc1. The van der Waals surface area contributed by atoms with Crippen LogP contribution in [0.4, 0.5) is 5.69 Å². The standard InChI is InChI=1S/C19H24N2O/c1-19(2,3)22-16-10-8-15(9-11-16)21-13-14-6-4-5-7-17(14)18(21)12-20/h4-11,18H,12-13,20H2,1-3H3. The molecular formula is C19H24N2O. The van der Waals surface area contributed by atoms with Crippen LogP contribution < -0.4 is 15.4 Å². The van der Waals surface area contributed by atoms with E-state index in [4.69, 9.17) is 10.5 Å². The minimum atomic E-state index is -0.175. The predicted octanol–water partition coefficient (Wildman–Crippen LogP) is 3.88. The molecule has 3 rings (SSSR count). The first-order valence-electron chi connectivity index (χ1n) is 7.81. The van der Waals surface area contributed by atoms with Crippen LogP contribution in [0.1, 0.15) is 37.9 Å². The summed E-state index contributed by atoms with van der Waals surface area (Å²) < 4.78 is 5.89. The zero-order valence-corrected chi connectivity index (χ0v) is 13.5. The molecule has 0 aliphatic carbocycles. The third kappa shape index (κ3) is 2.95. The molecule has 3 heteroatoms. The van der Waals surface area contributed by atoms with Crippen LogP contribution in [-0.2, 0) is 6.54 Å². The van der Waals surface area contributed by atoms with E-state index in [-0.39, 0.29) is 11.6 Å². The maximum absolute atomic E-state index is 6.02. The van der Waals surface area contributed by atoms with Crippen molar-refractivity contribution in [2.75, 3.05) is 11.4 Å². The molecule has 1 heterocycles. The first kappa shape index (κ1) is 14.9. The highest BCUT2D eigenvalue weighted by Crippen LogP contribution is 2.37. The summed E-state index contributed by atoms with van der Waals surface area (Å²) in [6.07, 6.45) is 0. The molecule has 116 valence electrons. The molecule has 0 aromatic heterocycles. The monoisotopic (exact) mass is 296 g/mol. The number of fused-ring (bicyclic) bond motifs is 1. The van der Waals surface area contributed by atoms with Gasteiger partial charge in [-0.05, 0) is 56.2 Å². The van der Waals surface area contributed by atoms with Gasteiger partial charge < -0.3 is 15.4 Å². The second-order valence-electron chi connectivity index (χ2n) is 6.79. The van der Waals surface area contributed by atoms with Gasteiger partial charge in [-0.25, -0.2) is 0 Å². The first-order chi connectivity index (χ1) is 10.5. The lowest BCUT2D eigenvalue weighted by atomic mass is 10.1. The van der Waals surface area contributed by atoms with Crippen LogP contribution >= 0.6 is 0 Å². The maximum atomic E-state index is 6.02. The van der Waals surface area contributed by atoms with Crippen molar-refractivity contribution in [3.8, 4) is 5.75 Å². The van der Waals surface area contributed by atoms with Gasteiger partial charge in [0.2, 0.25) is 0 Å². The Morgan fingerprint density at radius 2 is 1.77 bits per heavy atom. The third-order valence-electron chi connectivity index (χ3n) is 3.95. The van der Waals surface area contributed by atoms with E-state index >= 15 is 0 Å². The Labute approximate surface area is 132 Å². The summed E-state index contributed by atoms with van der Waals surface area (Å²) in [4.78, 5) is 2.37. The molecule has 2 aromatic carbocycles. The van der Waals surface area contributed by atoms with Crippen molar-refractivity contribution in [1.82, 2.24) is 0 Å². The highest BCUT2D eigenvalue weighted by atomic mass is 16.5. The van der Waals surface area contributed by atoms with Crippen LogP contribution in [0.25, 0.3) is 0 Å². The highest BCUT2D eigenvalue weighted by Gasteiger charge is 2.28. The van der Waals surface area contributed by atoms with E-state index in [2.05, 4.69) is 62.1 Å². The van der Waals surface area contributed by atoms with Gasteiger partial charge >= 0.3 is 0 Å². The molecule has 0 fully saturated rings. The summed E-state index contributed by atoms with van der Waals surface area (Å²) in [5.41, 5.74) is 9.75. The Balaban J connectivity index is 1.83. The van der Waals surface area contributed by atoms with E-state index in [1.165, 1.54) is 16.8 Å². The van der Waals surface area contributed by atoms with E-state index in [1.54, 1.807) is 0 Å². The van der Waals surface area contributed by atoms with Crippen LogP contribution in [0.15, 0.2) is 48.5 Å². The lowest BCUT2D eigenvalue weighted by molar-refractivity contribution is 0.131. The maximum Gasteiger partial charge on any atom is 0.120 e. The van der Waals surface area contributed by atoms with Crippen LogP contribution in [0.3, 0.4) is 0 Å². The summed E-state index contributed by atoms with van der Waals surface area (Å²) in [6.45, 7) is 7.71. The molecule has 0 saturated carbocycles.